The first kappa shape index (κ1) is 16.1. The molecule has 5 heteroatoms. The molecule has 0 aliphatic heterocycles. The summed E-state index contributed by atoms with van der Waals surface area (Å²) in [7, 11) is 0. The van der Waals surface area contributed by atoms with Crippen LogP contribution in [0.5, 0.6) is 5.75 Å². The Morgan fingerprint density at radius 3 is 2.65 bits per heavy atom. The van der Waals surface area contributed by atoms with E-state index in [4.69, 9.17) is 10.5 Å². The summed E-state index contributed by atoms with van der Waals surface area (Å²) in [6.45, 7) is 9.09. The van der Waals surface area contributed by atoms with Gasteiger partial charge in [-0.15, -0.1) is 0 Å². The average molecular weight is 279 g/mol. The molecule has 1 rings (SSSR count). The summed E-state index contributed by atoms with van der Waals surface area (Å²) in [5, 5.41) is 6.04. The van der Waals surface area contributed by atoms with Crippen molar-refractivity contribution in [3.63, 3.8) is 0 Å². The topological polar surface area (TPSA) is 76.4 Å². The van der Waals surface area contributed by atoms with Crippen LogP contribution in [0.4, 0.5) is 11.4 Å². The van der Waals surface area contributed by atoms with Crippen molar-refractivity contribution in [3.05, 3.63) is 18.2 Å². The molecule has 5 nitrogen and oxygen atoms in total. The highest BCUT2D eigenvalue weighted by Crippen LogP contribution is 2.25. The zero-order chi connectivity index (χ0) is 15.1. The first-order chi connectivity index (χ1) is 9.43. The molecule has 1 atom stereocenters. The van der Waals surface area contributed by atoms with E-state index in [0.717, 1.165) is 5.69 Å². The molecule has 0 saturated heterocycles. The van der Waals surface area contributed by atoms with E-state index in [1.807, 2.05) is 26.0 Å². The van der Waals surface area contributed by atoms with Crippen molar-refractivity contribution >= 4 is 17.3 Å². The number of hydrogen-bond donors (Lipinski definition) is 3. The SMILES string of the molecule is CCOc1cc(NC(C)C(=O)NCC(C)C)ccc1N. The van der Waals surface area contributed by atoms with Gasteiger partial charge in [-0.05, 0) is 31.9 Å². The molecule has 0 saturated carbocycles. The zero-order valence-electron chi connectivity index (χ0n) is 12.7. The van der Waals surface area contributed by atoms with Crippen molar-refractivity contribution in [1.29, 1.82) is 0 Å². The van der Waals surface area contributed by atoms with Gasteiger partial charge in [0.25, 0.3) is 0 Å². The number of anilines is 2. The van der Waals surface area contributed by atoms with Crippen LogP contribution in [0.3, 0.4) is 0 Å². The fraction of sp³-hybridized carbons (Fsp3) is 0.533. The number of nitrogens with one attached hydrogen (secondary N) is 2. The molecular weight excluding hydrogens is 254 g/mol. The molecule has 0 fully saturated rings. The van der Waals surface area contributed by atoms with Crippen molar-refractivity contribution in [1.82, 2.24) is 5.32 Å². The molecule has 4 N–H and O–H groups in total. The van der Waals surface area contributed by atoms with Gasteiger partial charge in [0.15, 0.2) is 0 Å². The summed E-state index contributed by atoms with van der Waals surface area (Å²) in [5.74, 6) is 1.05. The highest BCUT2D eigenvalue weighted by atomic mass is 16.5. The van der Waals surface area contributed by atoms with Crippen LogP contribution in [0.25, 0.3) is 0 Å². The van der Waals surface area contributed by atoms with Gasteiger partial charge in [0.1, 0.15) is 11.8 Å². The van der Waals surface area contributed by atoms with E-state index in [1.54, 1.807) is 6.07 Å². The maximum Gasteiger partial charge on any atom is 0.242 e. The largest absolute Gasteiger partial charge is 0.492 e. The molecule has 20 heavy (non-hydrogen) atoms. The Bertz CT molecular complexity index is 447. The molecule has 1 aromatic rings. The predicted octanol–water partition coefficient (Wildman–Crippen LogP) is 2.24. The Morgan fingerprint density at radius 2 is 2.05 bits per heavy atom. The number of carbonyl (C=O) groups excluding carboxylic acids is 1. The quantitative estimate of drug-likeness (QED) is 0.669. The van der Waals surface area contributed by atoms with E-state index in [0.29, 0.717) is 30.5 Å². The molecular formula is C15H25N3O2. The molecule has 0 aliphatic carbocycles. The predicted molar refractivity (Wildman–Crippen MR) is 83.0 cm³/mol. The number of rotatable bonds is 7. The molecule has 0 heterocycles. The molecule has 112 valence electrons. The number of ether oxygens (including phenoxy) is 1. The summed E-state index contributed by atoms with van der Waals surface area (Å²) in [5.41, 5.74) is 7.22. The molecule has 0 radical (unpaired) electrons. The van der Waals surface area contributed by atoms with Gasteiger partial charge in [0.05, 0.1) is 12.3 Å². The van der Waals surface area contributed by atoms with Crippen molar-refractivity contribution in [3.8, 4) is 5.75 Å². The van der Waals surface area contributed by atoms with Crippen LogP contribution < -0.4 is 21.1 Å². The summed E-state index contributed by atoms with van der Waals surface area (Å²) < 4.78 is 5.43. The number of benzene rings is 1. The first-order valence-electron chi connectivity index (χ1n) is 7.00. The summed E-state index contributed by atoms with van der Waals surface area (Å²) >= 11 is 0. The van der Waals surface area contributed by atoms with Crippen LogP contribution >= 0.6 is 0 Å². The van der Waals surface area contributed by atoms with Crippen molar-refractivity contribution in [2.75, 3.05) is 24.2 Å². The smallest absolute Gasteiger partial charge is 0.242 e. The van der Waals surface area contributed by atoms with Gasteiger partial charge in [-0.25, -0.2) is 0 Å². The molecule has 0 spiro atoms. The third kappa shape index (κ3) is 4.99. The van der Waals surface area contributed by atoms with E-state index >= 15 is 0 Å². The van der Waals surface area contributed by atoms with Gasteiger partial charge in [-0.2, -0.15) is 0 Å². The van der Waals surface area contributed by atoms with Gasteiger partial charge < -0.3 is 21.1 Å². The Balaban J connectivity index is 2.63. The van der Waals surface area contributed by atoms with Crippen molar-refractivity contribution in [2.45, 2.75) is 33.7 Å². The second kappa shape index (κ2) is 7.62. The maximum absolute atomic E-state index is 11.9. The zero-order valence-corrected chi connectivity index (χ0v) is 12.7. The van der Waals surface area contributed by atoms with Crippen LogP contribution in [0.1, 0.15) is 27.7 Å². The summed E-state index contributed by atoms with van der Waals surface area (Å²) in [4.78, 5) is 11.9. The second-order valence-electron chi connectivity index (χ2n) is 5.19. The highest BCUT2D eigenvalue weighted by molar-refractivity contribution is 5.84. The fourth-order valence-corrected chi connectivity index (χ4v) is 1.68. The van der Waals surface area contributed by atoms with Gasteiger partial charge in [-0.1, -0.05) is 13.8 Å². The third-order valence-corrected chi connectivity index (χ3v) is 2.77. The first-order valence-corrected chi connectivity index (χ1v) is 7.00. The molecule has 0 aliphatic rings. The Kier molecular flexibility index (Phi) is 6.15. The Morgan fingerprint density at radius 1 is 1.35 bits per heavy atom. The standard InChI is InChI=1S/C15H25N3O2/c1-5-20-14-8-12(6-7-13(14)16)18-11(4)15(19)17-9-10(2)3/h6-8,10-11,18H,5,9,16H2,1-4H3,(H,17,19). The van der Waals surface area contributed by atoms with Crippen LogP contribution in [0, 0.1) is 5.92 Å². The number of amides is 1. The Labute approximate surface area is 120 Å². The lowest BCUT2D eigenvalue weighted by Gasteiger charge is -2.17. The van der Waals surface area contributed by atoms with Gasteiger partial charge in [0, 0.05) is 18.3 Å². The Hall–Kier alpha value is -1.91. The average Bonchev–Trinajstić information content (AvgIpc) is 2.40. The van der Waals surface area contributed by atoms with Crippen LogP contribution in [-0.4, -0.2) is 25.1 Å². The molecule has 0 aromatic heterocycles. The van der Waals surface area contributed by atoms with Crippen LogP contribution in [0.15, 0.2) is 18.2 Å². The molecule has 0 bridgehead atoms. The maximum atomic E-state index is 11.9. The number of nitrogens with two attached hydrogens (primary N) is 1. The van der Waals surface area contributed by atoms with E-state index in [-0.39, 0.29) is 11.9 Å². The van der Waals surface area contributed by atoms with E-state index < -0.39 is 0 Å². The van der Waals surface area contributed by atoms with E-state index in [2.05, 4.69) is 24.5 Å². The number of nitrogen functional groups attached to an aromatic ring is 1. The highest BCUT2D eigenvalue weighted by Gasteiger charge is 2.13. The molecule has 1 amide bonds. The van der Waals surface area contributed by atoms with Crippen LogP contribution in [0.2, 0.25) is 0 Å². The van der Waals surface area contributed by atoms with Gasteiger partial charge in [-0.3, -0.25) is 4.79 Å². The lowest BCUT2D eigenvalue weighted by atomic mass is 10.2. The van der Waals surface area contributed by atoms with Crippen molar-refractivity contribution in [2.24, 2.45) is 5.92 Å². The lowest BCUT2D eigenvalue weighted by molar-refractivity contribution is -0.121. The normalized spacial score (nSPS) is 12.1. The van der Waals surface area contributed by atoms with Gasteiger partial charge >= 0.3 is 0 Å². The van der Waals surface area contributed by atoms with E-state index in [9.17, 15) is 4.79 Å². The lowest BCUT2D eigenvalue weighted by Crippen LogP contribution is -2.39. The number of hydrogen-bond acceptors (Lipinski definition) is 4. The minimum Gasteiger partial charge on any atom is -0.492 e. The molecule has 1 unspecified atom stereocenters. The third-order valence-electron chi connectivity index (χ3n) is 2.77. The minimum atomic E-state index is -0.313. The summed E-state index contributed by atoms with van der Waals surface area (Å²) in [6, 6.07) is 5.10. The van der Waals surface area contributed by atoms with E-state index in [1.165, 1.54) is 0 Å². The van der Waals surface area contributed by atoms with Gasteiger partial charge in [0.2, 0.25) is 5.91 Å². The number of carbonyl (C=O) groups is 1. The van der Waals surface area contributed by atoms with Crippen LogP contribution in [-0.2, 0) is 4.79 Å². The van der Waals surface area contributed by atoms with Crippen molar-refractivity contribution < 1.29 is 9.53 Å². The second-order valence-corrected chi connectivity index (χ2v) is 5.19. The minimum absolute atomic E-state index is 0.0199. The summed E-state index contributed by atoms with van der Waals surface area (Å²) in [6.07, 6.45) is 0. The monoisotopic (exact) mass is 279 g/mol. The molecule has 1 aromatic carbocycles. The fourth-order valence-electron chi connectivity index (χ4n) is 1.68.